The van der Waals surface area contributed by atoms with Gasteiger partial charge in [0.1, 0.15) is 6.04 Å². The molecule has 0 aliphatic rings. The van der Waals surface area contributed by atoms with Crippen molar-refractivity contribution in [2.75, 3.05) is 13.2 Å². The summed E-state index contributed by atoms with van der Waals surface area (Å²) in [6.07, 6.45) is 0. The maximum Gasteiger partial charge on any atom is 0.328 e. The van der Waals surface area contributed by atoms with Crippen LogP contribution < -0.4 is 10.6 Å². The zero-order valence-electron chi connectivity index (χ0n) is 10.2. The topological polar surface area (TPSA) is 116 Å². The monoisotopic (exact) mass is 286 g/mol. The van der Waals surface area contributed by atoms with Gasteiger partial charge in [0.2, 0.25) is 5.91 Å². The normalized spacial score (nSPS) is 11.7. The average molecular weight is 286 g/mol. The molecule has 7 nitrogen and oxygen atoms in total. The number of amides is 2. The van der Waals surface area contributed by atoms with E-state index in [1.165, 1.54) is 11.3 Å². The first-order valence-electron chi connectivity index (χ1n) is 5.41. The van der Waals surface area contributed by atoms with Crippen LogP contribution in [0.5, 0.6) is 0 Å². The summed E-state index contributed by atoms with van der Waals surface area (Å²) >= 11 is 1.29. The molecule has 1 heterocycles. The van der Waals surface area contributed by atoms with Crippen LogP contribution in [0.1, 0.15) is 14.5 Å². The van der Waals surface area contributed by atoms with Gasteiger partial charge in [-0.15, -0.1) is 11.3 Å². The Bertz CT molecular complexity index is 485. The standard InChI is InChI=1S/C11H14N2O5S/c1-6-2-3-8(19-6)10(16)12-4-9(15)13-7(5-14)11(17)18/h2-3,7,14H,4-5H2,1H3,(H,12,16)(H,13,15)(H,17,18). The maximum atomic E-state index is 11.6. The Morgan fingerprint density at radius 1 is 1.37 bits per heavy atom. The summed E-state index contributed by atoms with van der Waals surface area (Å²) < 4.78 is 0. The molecule has 0 saturated heterocycles. The highest BCUT2D eigenvalue weighted by Crippen LogP contribution is 2.14. The number of rotatable bonds is 6. The molecule has 19 heavy (non-hydrogen) atoms. The molecule has 4 N–H and O–H groups in total. The zero-order valence-corrected chi connectivity index (χ0v) is 11.0. The number of hydrogen-bond acceptors (Lipinski definition) is 5. The first kappa shape index (κ1) is 15.1. The average Bonchev–Trinajstić information content (AvgIpc) is 2.79. The molecule has 1 atom stereocenters. The molecule has 1 rings (SSSR count). The summed E-state index contributed by atoms with van der Waals surface area (Å²) in [5.41, 5.74) is 0. The van der Waals surface area contributed by atoms with Gasteiger partial charge >= 0.3 is 5.97 Å². The number of thiophene rings is 1. The highest BCUT2D eigenvalue weighted by molar-refractivity contribution is 7.13. The number of aliphatic hydroxyl groups is 1. The fourth-order valence-electron chi connectivity index (χ4n) is 1.24. The van der Waals surface area contributed by atoms with Gasteiger partial charge in [-0.2, -0.15) is 0 Å². The Labute approximate surface area is 113 Å². The fraction of sp³-hybridized carbons (Fsp3) is 0.364. The van der Waals surface area contributed by atoms with E-state index in [4.69, 9.17) is 10.2 Å². The molecule has 0 fully saturated rings. The van der Waals surface area contributed by atoms with Crippen molar-refractivity contribution in [3.63, 3.8) is 0 Å². The van der Waals surface area contributed by atoms with Crippen molar-refractivity contribution in [1.29, 1.82) is 0 Å². The van der Waals surface area contributed by atoms with Crippen LogP contribution in [0.3, 0.4) is 0 Å². The summed E-state index contributed by atoms with van der Waals surface area (Å²) in [5, 5.41) is 21.8. The minimum Gasteiger partial charge on any atom is -0.480 e. The smallest absolute Gasteiger partial charge is 0.328 e. The van der Waals surface area contributed by atoms with E-state index >= 15 is 0 Å². The highest BCUT2D eigenvalue weighted by atomic mass is 32.1. The number of aryl methyl sites for hydroxylation is 1. The fourth-order valence-corrected chi connectivity index (χ4v) is 2.02. The van der Waals surface area contributed by atoms with Crippen LogP contribution in [0.2, 0.25) is 0 Å². The number of carboxylic acids is 1. The van der Waals surface area contributed by atoms with Gasteiger partial charge in [0.15, 0.2) is 0 Å². The molecule has 0 aromatic carbocycles. The minimum atomic E-state index is -1.37. The number of carbonyl (C=O) groups is 3. The molecule has 1 aromatic rings. The van der Waals surface area contributed by atoms with Crippen LogP contribution in [0, 0.1) is 6.92 Å². The largest absolute Gasteiger partial charge is 0.480 e. The molecule has 0 aliphatic carbocycles. The Morgan fingerprint density at radius 2 is 2.05 bits per heavy atom. The lowest BCUT2D eigenvalue weighted by Gasteiger charge is -2.11. The van der Waals surface area contributed by atoms with E-state index in [1.54, 1.807) is 12.1 Å². The van der Waals surface area contributed by atoms with E-state index in [0.717, 1.165) is 4.88 Å². The predicted molar refractivity (Wildman–Crippen MR) is 68.0 cm³/mol. The SMILES string of the molecule is Cc1ccc(C(=O)NCC(=O)NC(CO)C(=O)O)s1. The second kappa shape index (κ2) is 6.86. The number of aliphatic carboxylic acids is 1. The van der Waals surface area contributed by atoms with Crippen molar-refractivity contribution in [2.45, 2.75) is 13.0 Å². The Hall–Kier alpha value is -1.93. The third kappa shape index (κ3) is 4.68. The van der Waals surface area contributed by atoms with Crippen molar-refractivity contribution < 1.29 is 24.6 Å². The molecule has 2 amide bonds. The lowest BCUT2D eigenvalue weighted by molar-refractivity contribution is -0.142. The Balaban J connectivity index is 2.42. The Morgan fingerprint density at radius 3 is 2.53 bits per heavy atom. The third-order valence-corrected chi connectivity index (χ3v) is 3.19. The van der Waals surface area contributed by atoms with Crippen LogP contribution in [0.15, 0.2) is 12.1 Å². The van der Waals surface area contributed by atoms with E-state index in [-0.39, 0.29) is 6.54 Å². The second-order valence-corrected chi connectivity index (χ2v) is 5.02. The molecule has 104 valence electrons. The molecule has 1 aromatic heterocycles. The number of hydrogen-bond donors (Lipinski definition) is 4. The third-order valence-electron chi connectivity index (χ3n) is 2.19. The second-order valence-electron chi connectivity index (χ2n) is 3.73. The molecular formula is C11H14N2O5S. The molecule has 8 heteroatoms. The molecule has 0 bridgehead atoms. The first-order valence-corrected chi connectivity index (χ1v) is 6.23. The minimum absolute atomic E-state index is 0.348. The van der Waals surface area contributed by atoms with E-state index < -0.39 is 30.4 Å². The number of nitrogens with one attached hydrogen (secondary N) is 2. The van der Waals surface area contributed by atoms with Gasteiger partial charge < -0.3 is 20.8 Å². The summed E-state index contributed by atoms with van der Waals surface area (Å²) in [5.74, 6) is -2.41. The van der Waals surface area contributed by atoms with Gasteiger partial charge in [0, 0.05) is 4.88 Å². The highest BCUT2D eigenvalue weighted by Gasteiger charge is 2.19. The molecule has 0 saturated carbocycles. The summed E-state index contributed by atoms with van der Waals surface area (Å²) in [4.78, 5) is 35.0. The molecule has 0 spiro atoms. The summed E-state index contributed by atoms with van der Waals surface area (Å²) in [7, 11) is 0. The van der Waals surface area contributed by atoms with Crippen LogP contribution in [0.4, 0.5) is 0 Å². The maximum absolute atomic E-state index is 11.6. The summed E-state index contributed by atoms with van der Waals surface area (Å²) in [6, 6.07) is 2.06. The quantitative estimate of drug-likeness (QED) is 0.554. The van der Waals surface area contributed by atoms with Gasteiger partial charge in [-0.25, -0.2) is 4.79 Å². The van der Waals surface area contributed by atoms with Crippen LogP contribution >= 0.6 is 11.3 Å². The number of carboxylic acid groups (broad SMARTS) is 1. The summed E-state index contributed by atoms with van der Waals surface area (Å²) in [6.45, 7) is 0.797. The van der Waals surface area contributed by atoms with Gasteiger partial charge in [0.05, 0.1) is 18.0 Å². The van der Waals surface area contributed by atoms with E-state index in [9.17, 15) is 14.4 Å². The van der Waals surface area contributed by atoms with Crippen molar-refractivity contribution in [3.8, 4) is 0 Å². The number of carbonyl (C=O) groups excluding carboxylic acids is 2. The molecule has 1 unspecified atom stereocenters. The van der Waals surface area contributed by atoms with Gasteiger partial charge in [0.25, 0.3) is 5.91 Å². The number of aliphatic hydroxyl groups excluding tert-OH is 1. The van der Waals surface area contributed by atoms with Gasteiger partial charge in [-0.1, -0.05) is 0 Å². The Kier molecular flexibility index (Phi) is 5.46. The first-order chi connectivity index (χ1) is 8.93. The molecule has 0 radical (unpaired) electrons. The van der Waals surface area contributed by atoms with E-state index in [2.05, 4.69) is 10.6 Å². The van der Waals surface area contributed by atoms with E-state index in [1.807, 2.05) is 6.92 Å². The van der Waals surface area contributed by atoms with Crippen LogP contribution in [-0.4, -0.2) is 47.2 Å². The van der Waals surface area contributed by atoms with Crippen molar-refractivity contribution >= 4 is 29.1 Å². The van der Waals surface area contributed by atoms with Crippen molar-refractivity contribution in [1.82, 2.24) is 10.6 Å². The molecular weight excluding hydrogens is 272 g/mol. The van der Waals surface area contributed by atoms with E-state index in [0.29, 0.717) is 4.88 Å². The van der Waals surface area contributed by atoms with Crippen LogP contribution in [-0.2, 0) is 9.59 Å². The van der Waals surface area contributed by atoms with Crippen LogP contribution in [0.25, 0.3) is 0 Å². The zero-order chi connectivity index (χ0) is 14.4. The predicted octanol–water partition coefficient (Wildman–Crippen LogP) is -0.652. The lowest BCUT2D eigenvalue weighted by atomic mass is 10.3. The lowest BCUT2D eigenvalue weighted by Crippen LogP contribution is -2.47. The van der Waals surface area contributed by atoms with Gasteiger partial charge in [-0.3, -0.25) is 9.59 Å². The van der Waals surface area contributed by atoms with Gasteiger partial charge in [-0.05, 0) is 19.1 Å². The van der Waals surface area contributed by atoms with Crippen molar-refractivity contribution in [3.05, 3.63) is 21.9 Å². The van der Waals surface area contributed by atoms with Crippen molar-refractivity contribution in [2.24, 2.45) is 0 Å². The molecule has 0 aliphatic heterocycles.